The fourth-order valence-corrected chi connectivity index (χ4v) is 2.27. The molecule has 1 aromatic carbocycles. The maximum absolute atomic E-state index is 10.8. The van der Waals surface area contributed by atoms with Gasteiger partial charge in [-0.05, 0) is 24.1 Å². The van der Waals surface area contributed by atoms with E-state index >= 15 is 0 Å². The van der Waals surface area contributed by atoms with Gasteiger partial charge in [0.1, 0.15) is 10.6 Å². The van der Waals surface area contributed by atoms with Crippen LogP contribution in [0.25, 0.3) is 0 Å². The SMILES string of the molecule is CCc1ccc(Oc2csc(C(=O)O)c2)c(OC)c1. The summed E-state index contributed by atoms with van der Waals surface area (Å²) in [6, 6.07) is 7.21. The number of aryl methyl sites for hydroxylation is 1. The Morgan fingerprint density at radius 2 is 2.11 bits per heavy atom. The molecule has 1 aromatic heterocycles. The fourth-order valence-electron chi connectivity index (χ4n) is 1.63. The third-order valence-corrected chi connectivity index (χ3v) is 3.55. The molecule has 19 heavy (non-hydrogen) atoms. The van der Waals surface area contributed by atoms with Gasteiger partial charge in [-0.1, -0.05) is 13.0 Å². The van der Waals surface area contributed by atoms with E-state index in [2.05, 4.69) is 6.92 Å². The van der Waals surface area contributed by atoms with Crippen molar-refractivity contribution < 1.29 is 19.4 Å². The summed E-state index contributed by atoms with van der Waals surface area (Å²) in [4.78, 5) is 11.1. The summed E-state index contributed by atoms with van der Waals surface area (Å²) >= 11 is 1.13. The van der Waals surface area contributed by atoms with Crippen LogP contribution in [0, 0.1) is 0 Å². The number of ether oxygens (including phenoxy) is 2. The maximum atomic E-state index is 10.8. The van der Waals surface area contributed by atoms with Crippen molar-refractivity contribution in [2.45, 2.75) is 13.3 Å². The molecule has 0 unspecified atom stereocenters. The summed E-state index contributed by atoms with van der Waals surface area (Å²) in [6.45, 7) is 2.06. The average Bonchev–Trinajstić information content (AvgIpc) is 2.88. The van der Waals surface area contributed by atoms with Crippen LogP contribution >= 0.6 is 11.3 Å². The van der Waals surface area contributed by atoms with Gasteiger partial charge >= 0.3 is 5.97 Å². The number of hydrogen-bond acceptors (Lipinski definition) is 4. The molecule has 0 fully saturated rings. The van der Waals surface area contributed by atoms with Crippen LogP contribution in [-0.4, -0.2) is 18.2 Å². The van der Waals surface area contributed by atoms with Crippen molar-refractivity contribution in [3.05, 3.63) is 40.1 Å². The van der Waals surface area contributed by atoms with Gasteiger partial charge in [0.15, 0.2) is 11.5 Å². The highest BCUT2D eigenvalue weighted by Gasteiger charge is 2.11. The molecular weight excluding hydrogens is 264 g/mol. The van der Waals surface area contributed by atoms with Crippen LogP contribution in [0.3, 0.4) is 0 Å². The molecule has 100 valence electrons. The van der Waals surface area contributed by atoms with Crippen molar-refractivity contribution in [3.8, 4) is 17.2 Å². The number of thiophene rings is 1. The van der Waals surface area contributed by atoms with Crippen molar-refractivity contribution in [2.75, 3.05) is 7.11 Å². The lowest BCUT2D eigenvalue weighted by Gasteiger charge is -2.10. The number of benzene rings is 1. The van der Waals surface area contributed by atoms with Gasteiger partial charge in [0, 0.05) is 11.4 Å². The van der Waals surface area contributed by atoms with Crippen molar-refractivity contribution in [1.29, 1.82) is 0 Å². The van der Waals surface area contributed by atoms with Crippen LogP contribution in [0.4, 0.5) is 0 Å². The average molecular weight is 278 g/mol. The first-order valence-electron chi connectivity index (χ1n) is 5.80. The second-order valence-electron chi connectivity index (χ2n) is 3.89. The van der Waals surface area contributed by atoms with Crippen LogP contribution in [0.15, 0.2) is 29.6 Å². The first-order valence-corrected chi connectivity index (χ1v) is 6.68. The van der Waals surface area contributed by atoms with Crippen molar-refractivity contribution >= 4 is 17.3 Å². The summed E-state index contributed by atoms with van der Waals surface area (Å²) < 4.78 is 10.9. The number of hydrogen-bond donors (Lipinski definition) is 1. The highest BCUT2D eigenvalue weighted by molar-refractivity contribution is 7.12. The lowest BCUT2D eigenvalue weighted by Crippen LogP contribution is -1.92. The van der Waals surface area contributed by atoms with E-state index in [-0.39, 0.29) is 4.88 Å². The van der Waals surface area contributed by atoms with E-state index in [0.29, 0.717) is 17.2 Å². The molecule has 1 heterocycles. The molecule has 0 aliphatic rings. The summed E-state index contributed by atoms with van der Waals surface area (Å²) in [5, 5.41) is 10.5. The second-order valence-corrected chi connectivity index (χ2v) is 4.80. The Hall–Kier alpha value is -2.01. The zero-order valence-electron chi connectivity index (χ0n) is 10.7. The molecule has 1 N–H and O–H groups in total. The summed E-state index contributed by atoms with van der Waals surface area (Å²) in [5.41, 5.74) is 1.15. The lowest BCUT2D eigenvalue weighted by molar-refractivity contribution is 0.0702. The number of aromatic carboxylic acids is 1. The number of carboxylic acids is 1. The summed E-state index contributed by atoms with van der Waals surface area (Å²) in [5.74, 6) is 0.773. The van der Waals surface area contributed by atoms with E-state index in [4.69, 9.17) is 14.6 Å². The predicted octanol–water partition coefficient (Wildman–Crippen LogP) is 3.81. The quantitative estimate of drug-likeness (QED) is 0.903. The molecule has 0 aliphatic carbocycles. The smallest absolute Gasteiger partial charge is 0.346 e. The molecule has 4 nitrogen and oxygen atoms in total. The van der Waals surface area contributed by atoms with Gasteiger partial charge in [-0.3, -0.25) is 0 Å². The third kappa shape index (κ3) is 3.06. The van der Waals surface area contributed by atoms with Crippen molar-refractivity contribution in [3.63, 3.8) is 0 Å². The molecule has 0 bridgehead atoms. The van der Waals surface area contributed by atoms with E-state index in [9.17, 15) is 4.79 Å². The van der Waals surface area contributed by atoms with E-state index in [1.54, 1.807) is 12.5 Å². The first-order chi connectivity index (χ1) is 9.13. The minimum Gasteiger partial charge on any atom is -0.493 e. The van der Waals surface area contributed by atoms with Crippen LogP contribution in [-0.2, 0) is 6.42 Å². The first kappa shape index (κ1) is 13.4. The van der Waals surface area contributed by atoms with Gasteiger partial charge in [0.25, 0.3) is 0 Å². The minimum atomic E-state index is -0.951. The van der Waals surface area contributed by atoms with Gasteiger partial charge < -0.3 is 14.6 Å². The lowest BCUT2D eigenvalue weighted by atomic mass is 10.1. The Morgan fingerprint density at radius 1 is 1.32 bits per heavy atom. The molecule has 0 atom stereocenters. The predicted molar refractivity (Wildman–Crippen MR) is 73.7 cm³/mol. The Balaban J connectivity index is 2.24. The monoisotopic (exact) mass is 278 g/mol. The number of carbonyl (C=O) groups is 1. The fraction of sp³-hybridized carbons (Fsp3) is 0.214. The zero-order valence-corrected chi connectivity index (χ0v) is 11.5. The molecule has 2 rings (SSSR count). The van der Waals surface area contributed by atoms with Crippen molar-refractivity contribution in [1.82, 2.24) is 0 Å². The standard InChI is InChI=1S/C14H14O4S/c1-3-9-4-5-11(12(6-9)17-2)18-10-7-13(14(15)16)19-8-10/h4-8H,3H2,1-2H3,(H,15,16). The third-order valence-electron chi connectivity index (χ3n) is 2.65. The Labute approximate surface area is 115 Å². The summed E-state index contributed by atoms with van der Waals surface area (Å²) in [6.07, 6.45) is 0.915. The number of carboxylic acid groups (broad SMARTS) is 1. The summed E-state index contributed by atoms with van der Waals surface area (Å²) in [7, 11) is 1.58. The molecule has 0 saturated heterocycles. The highest BCUT2D eigenvalue weighted by Crippen LogP contribution is 2.34. The molecule has 0 aliphatic heterocycles. The molecule has 2 aromatic rings. The van der Waals surface area contributed by atoms with Crippen LogP contribution in [0.2, 0.25) is 0 Å². The minimum absolute atomic E-state index is 0.249. The van der Waals surface area contributed by atoms with Crippen LogP contribution in [0.1, 0.15) is 22.2 Å². The van der Waals surface area contributed by atoms with E-state index < -0.39 is 5.97 Å². The molecule has 5 heteroatoms. The topological polar surface area (TPSA) is 55.8 Å². The highest BCUT2D eigenvalue weighted by atomic mass is 32.1. The molecule has 0 radical (unpaired) electrons. The maximum Gasteiger partial charge on any atom is 0.346 e. The Kier molecular flexibility index (Phi) is 4.06. The molecule has 0 spiro atoms. The molecular formula is C14H14O4S. The van der Waals surface area contributed by atoms with Gasteiger partial charge in [0.2, 0.25) is 0 Å². The largest absolute Gasteiger partial charge is 0.493 e. The van der Waals surface area contributed by atoms with Gasteiger partial charge in [-0.2, -0.15) is 0 Å². The normalized spacial score (nSPS) is 10.2. The van der Waals surface area contributed by atoms with Crippen LogP contribution < -0.4 is 9.47 Å². The zero-order chi connectivity index (χ0) is 13.8. The van der Waals surface area contributed by atoms with E-state index in [1.807, 2.05) is 18.2 Å². The van der Waals surface area contributed by atoms with Gasteiger partial charge in [0.05, 0.1) is 7.11 Å². The van der Waals surface area contributed by atoms with E-state index in [1.165, 1.54) is 6.07 Å². The number of methoxy groups -OCH3 is 1. The molecule has 0 amide bonds. The van der Waals surface area contributed by atoms with Gasteiger partial charge in [-0.15, -0.1) is 11.3 Å². The van der Waals surface area contributed by atoms with Crippen LogP contribution in [0.5, 0.6) is 17.2 Å². The second kappa shape index (κ2) is 5.75. The Morgan fingerprint density at radius 3 is 2.68 bits per heavy atom. The van der Waals surface area contributed by atoms with E-state index in [0.717, 1.165) is 23.3 Å². The molecule has 0 saturated carbocycles. The number of rotatable bonds is 5. The van der Waals surface area contributed by atoms with Crippen molar-refractivity contribution in [2.24, 2.45) is 0 Å². The Bertz CT molecular complexity index is 589. The van der Waals surface area contributed by atoms with Gasteiger partial charge in [-0.25, -0.2) is 4.79 Å².